The second-order valence-corrected chi connectivity index (χ2v) is 9.06. The van der Waals surface area contributed by atoms with Gasteiger partial charge in [0.15, 0.2) is 0 Å². The topological polar surface area (TPSA) is 104 Å². The maximum Gasteiger partial charge on any atom is 0.308 e. The van der Waals surface area contributed by atoms with E-state index in [4.69, 9.17) is 0 Å². The molecule has 2 rings (SSSR count). The zero-order valence-electron chi connectivity index (χ0n) is 16.1. The fraction of sp³-hybridized carbons (Fsp3) is 0.579. The van der Waals surface area contributed by atoms with E-state index in [1.807, 2.05) is 0 Å². The molecule has 150 valence electrons. The van der Waals surface area contributed by atoms with Gasteiger partial charge < -0.3 is 10.4 Å². The lowest BCUT2D eigenvalue weighted by atomic mass is 9.73. The summed E-state index contributed by atoms with van der Waals surface area (Å²) in [5, 5.41) is 12.3. The molecular formula is C19H28N2O5S. The number of aliphatic carboxylic acids is 1. The zero-order chi connectivity index (χ0) is 20.2. The lowest BCUT2D eigenvalue weighted by Crippen LogP contribution is -2.55. The molecule has 0 bridgehead atoms. The van der Waals surface area contributed by atoms with E-state index in [-0.39, 0.29) is 10.5 Å². The van der Waals surface area contributed by atoms with Gasteiger partial charge in [0.1, 0.15) is 0 Å². The van der Waals surface area contributed by atoms with E-state index in [9.17, 15) is 23.1 Å². The lowest BCUT2D eigenvalue weighted by molar-refractivity contribution is -0.145. The number of rotatable bonds is 7. The molecule has 0 heterocycles. The first-order valence-electron chi connectivity index (χ1n) is 9.31. The van der Waals surface area contributed by atoms with Gasteiger partial charge in [-0.15, -0.1) is 0 Å². The third-order valence-electron chi connectivity index (χ3n) is 5.34. The highest BCUT2D eigenvalue weighted by molar-refractivity contribution is 7.89. The Morgan fingerprint density at radius 2 is 1.93 bits per heavy atom. The van der Waals surface area contributed by atoms with Crippen molar-refractivity contribution in [3.63, 3.8) is 0 Å². The van der Waals surface area contributed by atoms with Crippen LogP contribution in [0.1, 0.15) is 56.8 Å². The van der Waals surface area contributed by atoms with E-state index in [1.54, 1.807) is 26.8 Å². The minimum atomic E-state index is -3.67. The average molecular weight is 397 g/mol. The summed E-state index contributed by atoms with van der Waals surface area (Å²) < 4.78 is 26.7. The lowest BCUT2D eigenvalue weighted by Gasteiger charge is -2.39. The molecule has 1 amide bonds. The monoisotopic (exact) mass is 396 g/mol. The maximum absolute atomic E-state index is 12.8. The van der Waals surface area contributed by atoms with E-state index < -0.39 is 33.4 Å². The van der Waals surface area contributed by atoms with Crippen LogP contribution in [0.3, 0.4) is 0 Å². The summed E-state index contributed by atoms with van der Waals surface area (Å²) >= 11 is 0. The van der Waals surface area contributed by atoms with Crippen LogP contribution in [0.25, 0.3) is 0 Å². The molecule has 1 aliphatic rings. The van der Waals surface area contributed by atoms with Crippen molar-refractivity contribution in [2.75, 3.05) is 13.1 Å². The Hall–Kier alpha value is -1.93. The number of carbonyl (C=O) groups is 2. The van der Waals surface area contributed by atoms with E-state index in [1.165, 1.54) is 22.5 Å². The Balaban J connectivity index is 2.29. The van der Waals surface area contributed by atoms with Crippen LogP contribution in [0.15, 0.2) is 29.2 Å². The molecule has 1 aliphatic carbocycles. The Morgan fingerprint density at radius 1 is 1.26 bits per heavy atom. The number of carboxylic acid groups (broad SMARTS) is 1. The number of nitrogens with zero attached hydrogens (tertiary/aromatic N) is 1. The van der Waals surface area contributed by atoms with E-state index in [0.717, 1.165) is 12.8 Å². The Kier molecular flexibility index (Phi) is 6.64. The van der Waals surface area contributed by atoms with E-state index >= 15 is 0 Å². The number of sulfonamides is 1. The molecule has 7 nitrogen and oxygen atoms in total. The van der Waals surface area contributed by atoms with Gasteiger partial charge in [-0.05, 0) is 38.0 Å². The second-order valence-electron chi connectivity index (χ2n) is 7.13. The summed E-state index contributed by atoms with van der Waals surface area (Å²) in [5.41, 5.74) is -0.645. The van der Waals surface area contributed by atoms with E-state index in [2.05, 4.69) is 5.32 Å². The van der Waals surface area contributed by atoms with Crippen molar-refractivity contribution in [3.05, 3.63) is 29.8 Å². The molecule has 2 atom stereocenters. The summed E-state index contributed by atoms with van der Waals surface area (Å²) in [6.45, 7) is 5.95. The molecule has 27 heavy (non-hydrogen) atoms. The van der Waals surface area contributed by atoms with Crippen molar-refractivity contribution >= 4 is 21.9 Å². The van der Waals surface area contributed by atoms with Gasteiger partial charge in [0, 0.05) is 18.7 Å². The molecule has 0 spiro atoms. The van der Waals surface area contributed by atoms with Crippen LogP contribution in [0.4, 0.5) is 0 Å². The van der Waals surface area contributed by atoms with Gasteiger partial charge in [0.05, 0.1) is 16.4 Å². The Bertz CT molecular complexity index is 804. The third kappa shape index (κ3) is 4.50. The van der Waals surface area contributed by atoms with Crippen LogP contribution >= 0.6 is 0 Å². The largest absolute Gasteiger partial charge is 0.481 e. The highest BCUT2D eigenvalue weighted by Crippen LogP contribution is 2.34. The minimum Gasteiger partial charge on any atom is -0.481 e. The van der Waals surface area contributed by atoms with Gasteiger partial charge in [-0.3, -0.25) is 9.59 Å². The van der Waals surface area contributed by atoms with Gasteiger partial charge in [-0.1, -0.05) is 32.8 Å². The Morgan fingerprint density at radius 3 is 2.52 bits per heavy atom. The number of hydrogen-bond acceptors (Lipinski definition) is 4. The van der Waals surface area contributed by atoms with Crippen LogP contribution in [0.2, 0.25) is 0 Å². The highest BCUT2D eigenvalue weighted by atomic mass is 32.2. The van der Waals surface area contributed by atoms with Crippen molar-refractivity contribution in [3.8, 4) is 0 Å². The molecule has 0 aromatic heterocycles. The molecule has 0 saturated heterocycles. The smallest absolute Gasteiger partial charge is 0.308 e. The van der Waals surface area contributed by atoms with Crippen LogP contribution in [0, 0.1) is 5.92 Å². The van der Waals surface area contributed by atoms with Gasteiger partial charge in [-0.25, -0.2) is 8.42 Å². The van der Waals surface area contributed by atoms with Gasteiger partial charge in [-0.2, -0.15) is 4.31 Å². The molecule has 1 aromatic carbocycles. The quantitative estimate of drug-likeness (QED) is 0.737. The van der Waals surface area contributed by atoms with Crippen molar-refractivity contribution in [2.45, 2.75) is 56.9 Å². The minimum absolute atomic E-state index is 0.0578. The van der Waals surface area contributed by atoms with Crippen molar-refractivity contribution in [1.29, 1.82) is 0 Å². The van der Waals surface area contributed by atoms with E-state index in [0.29, 0.717) is 25.9 Å². The summed E-state index contributed by atoms with van der Waals surface area (Å²) in [6.07, 6.45) is 2.76. The molecule has 2 N–H and O–H groups in total. The third-order valence-corrected chi connectivity index (χ3v) is 7.39. The molecule has 2 unspecified atom stereocenters. The fourth-order valence-corrected chi connectivity index (χ4v) is 5.23. The number of carbonyl (C=O) groups excluding carboxylic acids is 1. The molecule has 0 radical (unpaired) electrons. The van der Waals surface area contributed by atoms with Crippen LogP contribution < -0.4 is 5.32 Å². The predicted molar refractivity (Wildman–Crippen MR) is 102 cm³/mol. The first-order valence-corrected chi connectivity index (χ1v) is 10.7. The standard InChI is InChI=1S/C19H28N2O5S/c1-4-21(5-2)27(25,26)15-10-8-9-14(13-15)17(22)20-19(3)12-7-6-11-16(19)18(23)24/h8-10,13,16H,4-7,11-12H2,1-3H3,(H,20,22)(H,23,24). The number of nitrogens with one attached hydrogen (secondary N) is 1. The highest BCUT2D eigenvalue weighted by Gasteiger charge is 2.42. The summed E-state index contributed by atoms with van der Waals surface area (Å²) in [6, 6.07) is 5.89. The van der Waals surface area contributed by atoms with Crippen molar-refractivity contribution < 1.29 is 23.1 Å². The summed E-state index contributed by atoms with van der Waals surface area (Å²) in [5.74, 6) is -2.03. The SMILES string of the molecule is CCN(CC)S(=O)(=O)c1cccc(C(=O)NC2(C)CCCCC2C(=O)O)c1. The molecular weight excluding hydrogens is 368 g/mol. The normalized spacial score (nSPS) is 23.2. The second kappa shape index (κ2) is 8.39. The van der Waals surface area contributed by atoms with Gasteiger partial charge in [0.25, 0.3) is 5.91 Å². The Labute approximate surface area is 160 Å². The summed E-state index contributed by atoms with van der Waals surface area (Å²) in [4.78, 5) is 24.4. The zero-order valence-corrected chi connectivity index (χ0v) is 16.9. The summed E-state index contributed by atoms with van der Waals surface area (Å²) in [7, 11) is -3.67. The van der Waals surface area contributed by atoms with Gasteiger partial charge >= 0.3 is 5.97 Å². The van der Waals surface area contributed by atoms with Crippen LogP contribution in [-0.4, -0.2) is 48.3 Å². The molecule has 1 aromatic rings. The number of benzene rings is 1. The van der Waals surface area contributed by atoms with Crippen molar-refractivity contribution in [2.24, 2.45) is 5.92 Å². The maximum atomic E-state index is 12.8. The fourth-order valence-electron chi connectivity index (χ4n) is 3.72. The van der Waals surface area contributed by atoms with Crippen LogP contribution in [0.5, 0.6) is 0 Å². The molecule has 8 heteroatoms. The first kappa shape index (κ1) is 21.4. The van der Waals surface area contributed by atoms with Crippen LogP contribution in [-0.2, 0) is 14.8 Å². The number of amides is 1. The first-order chi connectivity index (χ1) is 12.7. The average Bonchev–Trinajstić information content (AvgIpc) is 2.62. The molecule has 0 aliphatic heterocycles. The molecule has 1 fully saturated rings. The van der Waals surface area contributed by atoms with Gasteiger partial charge in [0.2, 0.25) is 10.0 Å². The number of carboxylic acids is 1. The predicted octanol–water partition coefficient (Wildman–Crippen LogP) is 2.48. The number of hydrogen-bond donors (Lipinski definition) is 2. The molecule has 1 saturated carbocycles. The van der Waals surface area contributed by atoms with Crippen molar-refractivity contribution in [1.82, 2.24) is 9.62 Å².